The number of rotatable bonds is 78. The maximum absolute atomic E-state index is 12.4. The average molecular weight is 1290 g/mol. The van der Waals surface area contributed by atoms with Crippen LogP contribution >= 0.6 is 0 Å². The van der Waals surface area contributed by atoms with Gasteiger partial charge in [-0.05, 0) is 83.5 Å². The van der Waals surface area contributed by atoms with Gasteiger partial charge in [0, 0.05) is 12.8 Å². The third-order valence-corrected chi connectivity index (χ3v) is 19.0. The molecule has 0 heterocycles. The minimum atomic E-state index is -0.771. The van der Waals surface area contributed by atoms with Gasteiger partial charge in [-0.25, -0.2) is 0 Å². The largest absolute Gasteiger partial charge is 0.462 e. The van der Waals surface area contributed by atoms with Crippen LogP contribution < -0.4 is 0 Å². The summed E-state index contributed by atoms with van der Waals surface area (Å²) in [7, 11) is 0. The van der Waals surface area contributed by atoms with Gasteiger partial charge >= 0.3 is 11.9 Å². The molecule has 1 atom stereocenters. The Morgan fingerprint density at radius 2 is 0.467 bits per heavy atom. The molecule has 92 heavy (non-hydrogen) atoms. The predicted molar refractivity (Wildman–Crippen MR) is 408 cm³/mol. The van der Waals surface area contributed by atoms with Crippen molar-refractivity contribution in [2.75, 3.05) is 13.2 Å². The minimum absolute atomic E-state index is 0.0594. The second-order valence-corrected chi connectivity index (χ2v) is 28.2. The molecule has 0 aliphatic carbocycles. The fraction of sp³-hybridized carbons (Fsp3) is 0.839. The Bertz CT molecular complexity index is 1600. The smallest absolute Gasteiger partial charge is 0.306 e. The van der Waals surface area contributed by atoms with Crippen LogP contribution in [0.15, 0.2) is 72.9 Å². The second kappa shape index (κ2) is 82.6. The Morgan fingerprint density at radius 3 is 0.707 bits per heavy atom. The first-order valence-electron chi connectivity index (χ1n) is 41.5. The van der Waals surface area contributed by atoms with Crippen LogP contribution in [-0.4, -0.2) is 36.4 Å². The highest BCUT2D eigenvalue weighted by Crippen LogP contribution is 2.20. The molecule has 0 saturated heterocycles. The predicted octanol–water partition coefficient (Wildman–Crippen LogP) is 29.3. The zero-order chi connectivity index (χ0) is 66.1. The SMILES string of the molecule is CC/C=C\C/C=C\C/C=C\C/C=C\CCCCCCCCCCCCCCCCCCCCCCCCCCCCCCC(=O)OC(CO)COC(=O)CCCCCCCCCCCCCCCCCCCCCCCCCCC/C=C\C/C=C\CCCCCCC. The molecule has 5 nitrogen and oxygen atoms in total. The van der Waals surface area contributed by atoms with Crippen molar-refractivity contribution in [3.8, 4) is 0 Å². The number of aliphatic hydroxyl groups is 1. The van der Waals surface area contributed by atoms with E-state index in [1.165, 1.54) is 360 Å². The van der Waals surface area contributed by atoms with Gasteiger partial charge in [0.05, 0.1) is 6.61 Å². The van der Waals surface area contributed by atoms with Crippen molar-refractivity contribution >= 4 is 11.9 Å². The summed E-state index contributed by atoms with van der Waals surface area (Å²) < 4.78 is 10.8. The first-order chi connectivity index (χ1) is 45.6. The number of aliphatic hydroxyl groups excluding tert-OH is 1. The lowest BCUT2D eigenvalue weighted by Crippen LogP contribution is -2.28. The van der Waals surface area contributed by atoms with Gasteiger partial charge in [0.25, 0.3) is 0 Å². The molecule has 0 aliphatic heterocycles. The van der Waals surface area contributed by atoms with Crippen LogP contribution in [0.5, 0.6) is 0 Å². The molecule has 0 bridgehead atoms. The van der Waals surface area contributed by atoms with E-state index in [4.69, 9.17) is 9.47 Å². The van der Waals surface area contributed by atoms with Crippen molar-refractivity contribution in [1.82, 2.24) is 0 Å². The van der Waals surface area contributed by atoms with Gasteiger partial charge in [-0.1, -0.05) is 427 Å². The Hall–Kier alpha value is -2.66. The Balaban J connectivity index is 3.36. The first-order valence-corrected chi connectivity index (χ1v) is 41.5. The van der Waals surface area contributed by atoms with Gasteiger partial charge < -0.3 is 14.6 Å². The lowest BCUT2D eigenvalue weighted by Gasteiger charge is -2.15. The van der Waals surface area contributed by atoms with Gasteiger partial charge in [-0.3, -0.25) is 9.59 Å². The summed E-state index contributed by atoms with van der Waals surface area (Å²) in [5.41, 5.74) is 0. The first kappa shape index (κ1) is 89.3. The summed E-state index contributed by atoms with van der Waals surface area (Å²) in [6.07, 6.45) is 116. The quantitative estimate of drug-likeness (QED) is 0.0373. The van der Waals surface area contributed by atoms with E-state index in [1.54, 1.807) is 0 Å². The maximum Gasteiger partial charge on any atom is 0.306 e. The average Bonchev–Trinajstić information content (AvgIpc) is 3.64. The van der Waals surface area contributed by atoms with Crippen molar-refractivity contribution in [2.45, 2.75) is 457 Å². The van der Waals surface area contributed by atoms with Crippen molar-refractivity contribution in [1.29, 1.82) is 0 Å². The molecular weight excluding hydrogens is 1120 g/mol. The third-order valence-electron chi connectivity index (χ3n) is 19.0. The minimum Gasteiger partial charge on any atom is -0.462 e. The highest BCUT2D eigenvalue weighted by molar-refractivity contribution is 5.70. The van der Waals surface area contributed by atoms with E-state index in [0.29, 0.717) is 12.8 Å². The van der Waals surface area contributed by atoms with Crippen molar-refractivity contribution in [3.63, 3.8) is 0 Å². The second-order valence-electron chi connectivity index (χ2n) is 28.2. The van der Waals surface area contributed by atoms with E-state index < -0.39 is 6.10 Å². The lowest BCUT2D eigenvalue weighted by atomic mass is 10.0. The van der Waals surface area contributed by atoms with Crippen LogP contribution in [0.25, 0.3) is 0 Å². The maximum atomic E-state index is 12.4. The lowest BCUT2D eigenvalue weighted by molar-refractivity contribution is -0.161. The molecule has 0 spiro atoms. The number of esters is 2. The number of unbranched alkanes of at least 4 members (excludes halogenated alkanes) is 58. The number of carbonyl (C=O) groups excluding carboxylic acids is 2. The molecule has 0 rings (SSSR count). The van der Waals surface area contributed by atoms with Gasteiger partial charge in [0.1, 0.15) is 6.61 Å². The molecule has 1 N–H and O–H groups in total. The fourth-order valence-corrected chi connectivity index (χ4v) is 12.8. The Morgan fingerprint density at radius 1 is 0.261 bits per heavy atom. The highest BCUT2D eigenvalue weighted by atomic mass is 16.6. The van der Waals surface area contributed by atoms with Crippen LogP contribution in [0, 0.1) is 0 Å². The highest BCUT2D eigenvalue weighted by Gasteiger charge is 2.16. The monoisotopic (exact) mass is 1290 g/mol. The molecule has 0 saturated carbocycles. The van der Waals surface area contributed by atoms with E-state index >= 15 is 0 Å². The van der Waals surface area contributed by atoms with Crippen molar-refractivity contribution in [3.05, 3.63) is 72.9 Å². The van der Waals surface area contributed by atoms with E-state index in [2.05, 4.69) is 86.8 Å². The summed E-state index contributed by atoms with van der Waals surface area (Å²) in [4.78, 5) is 24.7. The molecule has 0 aromatic carbocycles. The van der Waals surface area contributed by atoms with Crippen LogP contribution in [0.2, 0.25) is 0 Å². The van der Waals surface area contributed by atoms with Crippen molar-refractivity contribution in [2.24, 2.45) is 0 Å². The Kier molecular flexibility index (Phi) is 80.2. The van der Waals surface area contributed by atoms with E-state index in [-0.39, 0.29) is 25.2 Å². The van der Waals surface area contributed by atoms with Gasteiger partial charge in [0.2, 0.25) is 0 Å². The number of carbonyl (C=O) groups is 2. The van der Waals surface area contributed by atoms with Crippen LogP contribution in [0.3, 0.4) is 0 Å². The number of hydrogen-bond donors (Lipinski definition) is 1. The molecule has 1 unspecified atom stereocenters. The molecule has 0 aromatic rings. The summed E-state index contributed by atoms with van der Waals surface area (Å²) in [5, 5.41) is 9.74. The van der Waals surface area contributed by atoms with Crippen LogP contribution in [-0.2, 0) is 19.1 Å². The number of ether oxygens (including phenoxy) is 2. The summed E-state index contributed by atoms with van der Waals surface area (Å²) >= 11 is 0. The summed E-state index contributed by atoms with van der Waals surface area (Å²) in [6, 6.07) is 0. The molecule has 0 aromatic heterocycles. The standard InChI is InChI=1S/C87H160O5/c1-3-5-7-9-11-13-15-17-19-21-23-25-27-29-31-33-35-37-39-41-42-43-44-46-48-50-52-54-56-58-60-62-64-66-68-70-72-74-76-78-80-82-87(90)92-85(83-88)84-91-86(89)81-79-77-75-73-71-69-67-65-63-61-59-57-55-53-51-49-47-45-40-38-36-34-32-30-28-26-24-22-20-18-16-14-12-10-8-6-4-2/h5,7,11,13,16-19,22-25,85,88H,3-4,6,8-10,12,14-15,20-21,26-84H2,1-2H3/b7-5-,13-11-,18-16-,19-17-,24-22-,25-23-. The molecule has 538 valence electrons. The van der Waals surface area contributed by atoms with Gasteiger partial charge in [-0.2, -0.15) is 0 Å². The molecule has 0 radical (unpaired) electrons. The summed E-state index contributed by atoms with van der Waals surface area (Å²) in [5.74, 6) is -0.563. The summed E-state index contributed by atoms with van der Waals surface area (Å²) in [6.45, 7) is 4.08. The normalized spacial score (nSPS) is 12.5. The molecular formula is C87H160O5. The zero-order valence-electron chi connectivity index (χ0n) is 62.1. The fourth-order valence-electron chi connectivity index (χ4n) is 12.8. The van der Waals surface area contributed by atoms with Gasteiger partial charge in [0.15, 0.2) is 6.10 Å². The number of allylic oxidation sites excluding steroid dienone is 12. The molecule has 0 aliphatic rings. The topological polar surface area (TPSA) is 72.8 Å². The van der Waals surface area contributed by atoms with E-state index in [9.17, 15) is 14.7 Å². The van der Waals surface area contributed by atoms with Gasteiger partial charge in [-0.15, -0.1) is 0 Å². The molecule has 0 amide bonds. The molecule has 0 fully saturated rings. The van der Waals surface area contributed by atoms with Crippen molar-refractivity contribution < 1.29 is 24.2 Å². The van der Waals surface area contributed by atoms with E-state index in [0.717, 1.165) is 64.2 Å². The molecule has 5 heteroatoms. The van der Waals surface area contributed by atoms with Crippen LogP contribution in [0.4, 0.5) is 0 Å². The van der Waals surface area contributed by atoms with Crippen LogP contribution in [0.1, 0.15) is 450 Å². The third kappa shape index (κ3) is 79.8. The van der Waals surface area contributed by atoms with E-state index in [1.807, 2.05) is 0 Å². The number of hydrogen-bond acceptors (Lipinski definition) is 5. The zero-order valence-corrected chi connectivity index (χ0v) is 62.1. The Labute approximate surface area is 575 Å².